The third-order valence-electron chi connectivity index (χ3n) is 7.37. The third kappa shape index (κ3) is 1.93. The number of fused-ring (bicyclic) bond motifs is 5. The van der Waals surface area contributed by atoms with Crippen LogP contribution in [0.2, 0.25) is 0 Å². The highest BCUT2D eigenvalue weighted by Gasteiger charge is 2.61. The van der Waals surface area contributed by atoms with E-state index in [2.05, 4.69) is 6.92 Å². The quantitative estimate of drug-likeness (QED) is 0.735. The number of hydrogen-bond acceptors (Lipinski definition) is 4. The second kappa shape index (κ2) is 5.02. The SMILES string of the molecule is C[C@]12CC[C@H]3[C@@H](CCC4=CC(=O)CCC43OC=O)[C@@H]1CCC2=O. The molecule has 0 amide bonds. The van der Waals surface area contributed by atoms with Crippen molar-refractivity contribution in [1.82, 2.24) is 0 Å². The van der Waals surface area contributed by atoms with Crippen LogP contribution in [0.1, 0.15) is 58.3 Å². The molecule has 0 aromatic heterocycles. The van der Waals surface area contributed by atoms with Gasteiger partial charge >= 0.3 is 0 Å². The Bertz CT molecular complexity index is 606. The van der Waals surface area contributed by atoms with Gasteiger partial charge in [0, 0.05) is 24.2 Å². The lowest BCUT2D eigenvalue weighted by Gasteiger charge is -2.56. The van der Waals surface area contributed by atoms with Crippen LogP contribution >= 0.6 is 0 Å². The van der Waals surface area contributed by atoms with E-state index >= 15 is 0 Å². The number of ketones is 2. The van der Waals surface area contributed by atoms with Gasteiger partial charge in [-0.15, -0.1) is 0 Å². The maximum Gasteiger partial charge on any atom is 0.293 e. The average Bonchev–Trinajstić information content (AvgIpc) is 2.84. The number of carbonyl (C=O) groups is 3. The lowest BCUT2D eigenvalue weighted by molar-refractivity contribution is -0.164. The predicted octanol–water partition coefficient (Wildman–Crippen LogP) is 2.99. The van der Waals surface area contributed by atoms with Gasteiger partial charge in [0.2, 0.25) is 0 Å². The summed E-state index contributed by atoms with van der Waals surface area (Å²) in [5.74, 6) is 1.70. The molecule has 4 rings (SSSR count). The fourth-order valence-electron chi connectivity index (χ4n) is 6.24. The molecule has 4 aliphatic rings. The van der Waals surface area contributed by atoms with Gasteiger partial charge in [-0.05, 0) is 62.0 Å². The minimum absolute atomic E-state index is 0.153. The molecule has 0 aliphatic heterocycles. The Balaban J connectivity index is 1.74. The molecule has 0 saturated heterocycles. The normalized spacial score (nSPS) is 45.6. The number of ether oxygens (including phenoxy) is 1. The molecule has 23 heavy (non-hydrogen) atoms. The zero-order valence-corrected chi connectivity index (χ0v) is 13.7. The van der Waals surface area contributed by atoms with Crippen molar-refractivity contribution < 1.29 is 19.1 Å². The first-order chi connectivity index (χ1) is 11.0. The maximum absolute atomic E-state index is 12.4. The zero-order chi connectivity index (χ0) is 16.2. The molecule has 0 heterocycles. The van der Waals surface area contributed by atoms with E-state index in [1.807, 2.05) is 0 Å². The van der Waals surface area contributed by atoms with Crippen molar-refractivity contribution in [3.63, 3.8) is 0 Å². The summed E-state index contributed by atoms with van der Waals surface area (Å²) in [6.45, 7) is 2.71. The molecule has 0 radical (unpaired) electrons. The summed E-state index contributed by atoms with van der Waals surface area (Å²) in [7, 11) is 0. The molecule has 0 aromatic carbocycles. The summed E-state index contributed by atoms with van der Waals surface area (Å²) < 4.78 is 5.71. The molecule has 1 unspecified atom stereocenters. The molecular weight excluding hydrogens is 292 g/mol. The number of Topliss-reactive ketones (excluding diaryl/α,β-unsaturated/α-hetero) is 1. The average molecular weight is 316 g/mol. The van der Waals surface area contributed by atoms with Gasteiger partial charge in [-0.1, -0.05) is 6.92 Å². The molecule has 0 spiro atoms. The number of carbonyl (C=O) groups excluding carboxylic acids is 3. The van der Waals surface area contributed by atoms with Gasteiger partial charge in [-0.25, -0.2) is 0 Å². The Morgan fingerprint density at radius 1 is 1.09 bits per heavy atom. The number of rotatable bonds is 2. The van der Waals surface area contributed by atoms with Crippen LogP contribution in [0.15, 0.2) is 11.6 Å². The highest BCUT2D eigenvalue weighted by Crippen LogP contribution is 2.62. The van der Waals surface area contributed by atoms with Gasteiger partial charge in [0.05, 0.1) is 0 Å². The Hall–Kier alpha value is -1.45. The molecule has 4 heteroatoms. The first kappa shape index (κ1) is 15.1. The largest absolute Gasteiger partial charge is 0.456 e. The summed E-state index contributed by atoms with van der Waals surface area (Å²) in [5, 5.41) is 0. The molecule has 0 aromatic rings. The minimum Gasteiger partial charge on any atom is -0.456 e. The van der Waals surface area contributed by atoms with E-state index in [0.29, 0.717) is 43.4 Å². The van der Waals surface area contributed by atoms with Crippen LogP contribution < -0.4 is 0 Å². The highest BCUT2D eigenvalue weighted by atomic mass is 16.5. The standard InChI is InChI=1S/C19H24O4/c1-18-8-7-16-14(15(18)4-5-17(18)22)3-2-12-10-13(21)6-9-19(12,16)23-11-20/h10-11,14-16H,2-9H2,1H3/t14-,15-,16-,18-,19?/m0/s1. The topological polar surface area (TPSA) is 60.4 Å². The van der Waals surface area contributed by atoms with Crippen molar-refractivity contribution >= 4 is 18.0 Å². The van der Waals surface area contributed by atoms with Crippen molar-refractivity contribution in [2.45, 2.75) is 63.9 Å². The van der Waals surface area contributed by atoms with Crippen LogP contribution in [0, 0.1) is 23.2 Å². The van der Waals surface area contributed by atoms with Crippen LogP contribution in [0.5, 0.6) is 0 Å². The summed E-state index contributed by atoms with van der Waals surface area (Å²) in [6, 6.07) is 0. The highest BCUT2D eigenvalue weighted by molar-refractivity contribution is 5.92. The van der Waals surface area contributed by atoms with Crippen molar-refractivity contribution in [3.05, 3.63) is 11.6 Å². The molecule has 0 bridgehead atoms. The number of hydrogen-bond donors (Lipinski definition) is 0. The first-order valence-electron chi connectivity index (χ1n) is 8.90. The molecular formula is C19H24O4. The van der Waals surface area contributed by atoms with Crippen molar-refractivity contribution in [1.29, 1.82) is 0 Å². The molecule has 4 aliphatic carbocycles. The van der Waals surface area contributed by atoms with E-state index in [4.69, 9.17) is 4.74 Å². The van der Waals surface area contributed by atoms with E-state index in [1.54, 1.807) is 6.08 Å². The van der Waals surface area contributed by atoms with Gasteiger partial charge in [0.1, 0.15) is 11.4 Å². The lowest BCUT2D eigenvalue weighted by Crippen LogP contribution is -2.56. The molecule has 0 N–H and O–H groups in total. The van der Waals surface area contributed by atoms with Gasteiger partial charge in [-0.3, -0.25) is 14.4 Å². The van der Waals surface area contributed by atoms with Crippen molar-refractivity contribution in [2.75, 3.05) is 0 Å². The third-order valence-corrected chi connectivity index (χ3v) is 7.37. The van der Waals surface area contributed by atoms with Crippen molar-refractivity contribution in [2.24, 2.45) is 23.2 Å². The Morgan fingerprint density at radius 3 is 2.70 bits per heavy atom. The monoisotopic (exact) mass is 316 g/mol. The van der Waals surface area contributed by atoms with Crippen LogP contribution in [0.25, 0.3) is 0 Å². The Morgan fingerprint density at radius 2 is 1.91 bits per heavy atom. The van der Waals surface area contributed by atoms with E-state index < -0.39 is 5.60 Å². The van der Waals surface area contributed by atoms with Gasteiger partial charge in [0.15, 0.2) is 5.78 Å². The van der Waals surface area contributed by atoms with E-state index in [0.717, 1.165) is 37.7 Å². The Labute approximate surface area is 136 Å². The predicted molar refractivity (Wildman–Crippen MR) is 83.5 cm³/mol. The Kier molecular flexibility index (Phi) is 3.30. The summed E-state index contributed by atoms with van der Waals surface area (Å²) in [4.78, 5) is 35.5. The summed E-state index contributed by atoms with van der Waals surface area (Å²) in [6.07, 6.45) is 8.14. The smallest absolute Gasteiger partial charge is 0.293 e. The maximum atomic E-state index is 12.4. The van der Waals surface area contributed by atoms with E-state index in [9.17, 15) is 14.4 Å². The minimum atomic E-state index is -0.578. The van der Waals surface area contributed by atoms with Crippen LogP contribution in [0.3, 0.4) is 0 Å². The molecule has 3 fully saturated rings. The van der Waals surface area contributed by atoms with Crippen LogP contribution in [0.4, 0.5) is 0 Å². The van der Waals surface area contributed by atoms with E-state index in [-0.39, 0.29) is 17.1 Å². The van der Waals surface area contributed by atoms with Gasteiger partial charge < -0.3 is 4.74 Å². The summed E-state index contributed by atoms with van der Waals surface area (Å²) in [5.41, 5.74) is 0.274. The van der Waals surface area contributed by atoms with Crippen LogP contribution in [-0.4, -0.2) is 23.6 Å². The molecule has 3 saturated carbocycles. The molecule has 124 valence electrons. The molecule has 4 nitrogen and oxygen atoms in total. The fraction of sp³-hybridized carbons (Fsp3) is 0.737. The fourth-order valence-corrected chi connectivity index (χ4v) is 6.24. The van der Waals surface area contributed by atoms with Gasteiger partial charge in [0.25, 0.3) is 6.47 Å². The summed E-state index contributed by atoms with van der Waals surface area (Å²) >= 11 is 0. The molecule has 5 atom stereocenters. The van der Waals surface area contributed by atoms with E-state index in [1.165, 1.54) is 0 Å². The second-order valence-corrected chi connectivity index (χ2v) is 8.07. The first-order valence-corrected chi connectivity index (χ1v) is 8.90. The second-order valence-electron chi connectivity index (χ2n) is 8.07. The van der Waals surface area contributed by atoms with Gasteiger partial charge in [-0.2, -0.15) is 0 Å². The zero-order valence-electron chi connectivity index (χ0n) is 13.7. The van der Waals surface area contributed by atoms with Crippen LogP contribution in [-0.2, 0) is 19.1 Å². The lowest BCUT2D eigenvalue weighted by atomic mass is 9.50. The van der Waals surface area contributed by atoms with Crippen molar-refractivity contribution in [3.8, 4) is 0 Å².